The third kappa shape index (κ3) is 4.51. The van der Waals surface area contributed by atoms with Crippen LogP contribution in [0.5, 0.6) is 0 Å². The van der Waals surface area contributed by atoms with Gasteiger partial charge in [0.25, 0.3) is 0 Å². The van der Waals surface area contributed by atoms with Crippen LogP contribution in [-0.4, -0.2) is 9.97 Å². The summed E-state index contributed by atoms with van der Waals surface area (Å²) in [6.45, 7) is 1.90. The maximum absolute atomic E-state index is 14.0. The normalized spacial score (nSPS) is 12.4. The second-order valence-electron chi connectivity index (χ2n) is 10.8. The highest BCUT2D eigenvalue weighted by Crippen LogP contribution is 2.39. The topological polar surface area (TPSA) is 146 Å². The van der Waals surface area contributed by atoms with E-state index >= 15 is 0 Å². The quantitative estimate of drug-likeness (QED) is 0.189. The molecule has 0 saturated heterocycles. The van der Waals surface area contributed by atoms with Crippen molar-refractivity contribution in [3.63, 3.8) is 0 Å². The van der Waals surface area contributed by atoms with Crippen molar-refractivity contribution in [2.45, 2.75) is 13.1 Å². The molecule has 0 aliphatic carbocycles. The van der Waals surface area contributed by atoms with E-state index in [-0.39, 0.29) is 27.6 Å². The lowest BCUT2D eigenvalue weighted by Gasteiger charge is -2.13. The highest BCUT2D eigenvalue weighted by Gasteiger charge is 2.34. The minimum absolute atomic E-state index is 0.126. The number of nitriles is 4. The van der Waals surface area contributed by atoms with Gasteiger partial charge in [-0.25, -0.2) is 9.97 Å². The molecule has 11 heteroatoms. The molecule has 8 nitrogen and oxygen atoms in total. The number of benzene rings is 4. The molecule has 0 bridgehead atoms. The standard InChI is InChI=1S/C36H15F3N8/c1-18-10-19(14-40)2-6-23(18)21-4-8-25-27(12-21)30(44-16-42)34-32(25)46-35-31(45-17-43)28-13-22(5-9-26(28)33(35)47-34)24-7-3-20(15-41)11-29(24)36(37,38)39/h2-13H,1H3. The summed E-state index contributed by atoms with van der Waals surface area (Å²) in [5.41, 5.74) is 3.50. The third-order valence-corrected chi connectivity index (χ3v) is 8.16. The number of aryl methyl sites for hydroxylation is 1. The van der Waals surface area contributed by atoms with Crippen LogP contribution in [0.25, 0.3) is 65.9 Å². The predicted molar refractivity (Wildman–Crippen MR) is 167 cm³/mol. The van der Waals surface area contributed by atoms with Crippen LogP contribution in [0.15, 0.2) is 82.8 Å². The number of halogens is 3. The molecule has 0 aliphatic heterocycles. The minimum Gasteiger partial charge on any atom is -0.241 e. The van der Waals surface area contributed by atoms with Gasteiger partial charge in [0.05, 0.1) is 39.9 Å². The molecule has 0 radical (unpaired) electrons. The fourth-order valence-corrected chi connectivity index (χ4v) is 6.11. The highest BCUT2D eigenvalue weighted by molar-refractivity contribution is 6.15. The molecule has 6 aromatic carbocycles. The predicted octanol–water partition coefficient (Wildman–Crippen LogP) is 7.13. The first-order valence-corrected chi connectivity index (χ1v) is 14.0. The molecule has 7 aromatic rings. The van der Waals surface area contributed by atoms with Crippen molar-refractivity contribution in [2.24, 2.45) is 9.98 Å². The van der Waals surface area contributed by atoms with Crippen molar-refractivity contribution in [3.05, 3.63) is 106 Å². The van der Waals surface area contributed by atoms with Gasteiger partial charge >= 0.3 is 6.18 Å². The van der Waals surface area contributed by atoms with Gasteiger partial charge in [0.15, 0.2) is 0 Å². The third-order valence-electron chi connectivity index (χ3n) is 8.16. The molecule has 0 spiro atoms. The number of nitrogens with zero attached hydrogens (tertiary/aromatic N) is 8. The fourth-order valence-electron chi connectivity index (χ4n) is 6.11. The van der Waals surface area contributed by atoms with E-state index in [1.807, 2.05) is 37.4 Å². The van der Waals surface area contributed by atoms with E-state index in [1.54, 1.807) is 30.5 Å². The summed E-state index contributed by atoms with van der Waals surface area (Å²) in [5.74, 6) is 0. The second-order valence-corrected chi connectivity index (χ2v) is 10.8. The van der Waals surface area contributed by atoms with E-state index in [0.29, 0.717) is 49.0 Å². The number of rotatable bonds is 2. The van der Waals surface area contributed by atoms with Crippen LogP contribution in [0.1, 0.15) is 22.3 Å². The van der Waals surface area contributed by atoms with Crippen molar-refractivity contribution in [3.8, 4) is 46.8 Å². The van der Waals surface area contributed by atoms with E-state index in [1.165, 1.54) is 24.3 Å². The summed E-state index contributed by atoms with van der Waals surface area (Å²) in [6.07, 6.45) is -1.10. The Labute approximate surface area is 263 Å². The van der Waals surface area contributed by atoms with E-state index < -0.39 is 11.7 Å². The molecule has 0 amide bonds. The van der Waals surface area contributed by atoms with Gasteiger partial charge in [0.2, 0.25) is 12.4 Å². The number of fused-ring (bicyclic) bond motifs is 6. The van der Waals surface area contributed by atoms with Crippen LogP contribution in [0.4, 0.5) is 13.2 Å². The Morgan fingerprint density at radius 3 is 1.53 bits per heavy atom. The van der Waals surface area contributed by atoms with E-state index in [4.69, 9.17) is 9.97 Å². The monoisotopic (exact) mass is 616 g/mol. The zero-order chi connectivity index (χ0) is 33.0. The molecule has 220 valence electrons. The van der Waals surface area contributed by atoms with Crippen LogP contribution in [-0.2, 0) is 6.18 Å². The van der Waals surface area contributed by atoms with Gasteiger partial charge in [-0.2, -0.15) is 44.2 Å². The van der Waals surface area contributed by atoms with Gasteiger partial charge in [0, 0.05) is 21.5 Å². The van der Waals surface area contributed by atoms with Crippen LogP contribution in [0.3, 0.4) is 0 Å². The Hall–Kier alpha value is -6.95. The largest absolute Gasteiger partial charge is 0.417 e. The number of hydrogen-bond donors (Lipinski definition) is 0. The molecule has 1 aromatic heterocycles. The summed E-state index contributed by atoms with van der Waals surface area (Å²) >= 11 is 0. The molecule has 7 rings (SSSR count). The second kappa shape index (κ2) is 10.6. The van der Waals surface area contributed by atoms with Crippen LogP contribution in [0, 0.1) is 52.5 Å². The Morgan fingerprint density at radius 2 is 1.06 bits per heavy atom. The summed E-state index contributed by atoms with van der Waals surface area (Å²) in [6, 6.07) is 22.8. The molecular weight excluding hydrogens is 601 g/mol. The number of hydrogen-bond acceptors (Lipinski definition) is 8. The molecule has 0 saturated carbocycles. The van der Waals surface area contributed by atoms with Crippen LogP contribution in [0.2, 0.25) is 0 Å². The van der Waals surface area contributed by atoms with Gasteiger partial charge in [-0.3, -0.25) is 0 Å². The Balaban J connectivity index is 1.51. The van der Waals surface area contributed by atoms with Gasteiger partial charge in [-0.15, -0.1) is 0 Å². The summed E-state index contributed by atoms with van der Waals surface area (Å²) in [7, 11) is 0. The maximum atomic E-state index is 14.0. The Morgan fingerprint density at radius 1 is 0.574 bits per heavy atom. The Bertz CT molecular complexity index is 2790. The minimum atomic E-state index is -4.72. The van der Waals surface area contributed by atoms with Crippen molar-refractivity contribution < 1.29 is 13.2 Å². The zero-order valence-corrected chi connectivity index (χ0v) is 24.1. The number of alkyl halides is 3. The molecule has 0 fully saturated rings. The first kappa shape index (κ1) is 28.8. The lowest BCUT2D eigenvalue weighted by Crippen LogP contribution is -2.08. The van der Waals surface area contributed by atoms with Crippen molar-refractivity contribution in [1.29, 1.82) is 21.0 Å². The average molecular weight is 617 g/mol. The van der Waals surface area contributed by atoms with Crippen LogP contribution >= 0.6 is 0 Å². The van der Waals surface area contributed by atoms with Crippen molar-refractivity contribution in [1.82, 2.24) is 9.97 Å². The lowest BCUT2D eigenvalue weighted by atomic mass is 9.96. The Kier molecular flexibility index (Phi) is 6.49. The summed E-state index contributed by atoms with van der Waals surface area (Å²) < 4.78 is 42.1. The molecule has 0 aliphatic rings. The molecule has 0 N–H and O–H groups in total. The first-order valence-electron chi connectivity index (χ1n) is 14.0. The van der Waals surface area contributed by atoms with Gasteiger partial charge in [-0.1, -0.05) is 36.4 Å². The van der Waals surface area contributed by atoms with E-state index in [9.17, 15) is 34.2 Å². The fraction of sp³-hybridized carbons (Fsp3) is 0.0556. The molecule has 47 heavy (non-hydrogen) atoms. The average Bonchev–Trinajstić information content (AvgIpc) is 3.53. The van der Waals surface area contributed by atoms with Crippen molar-refractivity contribution in [2.75, 3.05) is 0 Å². The van der Waals surface area contributed by atoms with E-state index in [2.05, 4.69) is 16.1 Å². The SMILES string of the molecule is Cc1cc(C#N)ccc1-c1ccc2c(c1)c(=NC#N)c1nc3c(nc12)c(=NC#N)c1cc(-c2ccc(C#N)cc2C(F)(F)F)ccc13. The van der Waals surface area contributed by atoms with Crippen LogP contribution < -0.4 is 10.7 Å². The van der Waals surface area contributed by atoms with E-state index in [0.717, 1.165) is 22.8 Å². The highest BCUT2D eigenvalue weighted by atomic mass is 19.4. The molecule has 0 atom stereocenters. The summed E-state index contributed by atoms with van der Waals surface area (Å²) in [4.78, 5) is 17.8. The zero-order valence-electron chi connectivity index (χ0n) is 24.1. The summed E-state index contributed by atoms with van der Waals surface area (Å²) in [5, 5.41) is 40.2. The first-order chi connectivity index (χ1) is 22.7. The lowest BCUT2D eigenvalue weighted by molar-refractivity contribution is -0.137. The van der Waals surface area contributed by atoms with Gasteiger partial charge < -0.3 is 0 Å². The van der Waals surface area contributed by atoms with Crippen molar-refractivity contribution >= 4 is 43.6 Å². The number of aromatic nitrogens is 2. The molecule has 1 heterocycles. The smallest absolute Gasteiger partial charge is 0.241 e. The molecule has 0 unspecified atom stereocenters. The maximum Gasteiger partial charge on any atom is 0.417 e. The van der Waals surface area contributed by atoms with Gasteiger partial charge in [-0.05, 0) is 71.1 Å². The molecular formula is C36H15F3N8. The van der Waals surface area contributed by atoms with Gasteiger partial charge in [0.1, 0.15) is 21.7 Å².